The number of rotatable bonds is 4. The predicted molar refractivity (Wildman–Crippen MR) is 70.9 cm³/mol. The fourth-order valence-corrected chi connectivity index (χ4v) is 1.93. The van der Waals surface area contributed by atoms with Crippen LogP contribution in [0.2, 0.25) is 0 Å². The third kappa shape index (κ3) is 3.70. The fraction of sp³-hybridized carbons (Fsp3) is 0.846. The number of piperidine rings is 1. The zero-order valence-electron chi connectivity index (χ0n) is 11.7. The predicted octanol–water partition coefficient (Wildman–Crippen LogP) is 0.489. The first kappa shape index (κ1) is 15.0. The molecule has 0 bridgehead atoms. The van der Waals surface area contributed by atoms with Crippen molar-refractivity contribution in [3.63, 3.8) is 0 Å². The molecule has 1 aliphatic heterocycles. The highest BCUT2D eigenvalue weighted by Gasteiger charge is 2.30. The Morgan fingerprint density at radius 3 is 2.33 bits per heavy atom. The van der Waals surface area contributed by atoms with Gasteiger partial charge in [0.1, 0.15) is 6.04 Å². The molecule has 18 heavy (non-hydrogen) atoms. The van der Waals surface area contributed by atoms with E-state index in [1.54, 1.807) is 20.8 Å². The lowest BCUT2D eigenvalue weighted by Crippen LogP contribution is -2.52. The average molecular weight is 255 g/mol. The summed E-state index contributed by atoms with van der Waals surface area (Å²) in [7, 11) is 0. The third-order valence-corrected chi connectivity index (χ3v) is 3.51. The number of hydrogen-bond acceptors (Lipinski definition) is 3. The van der Waals surface area contributed by atoms with Gasteiger partial charge in [0, 0.05) is 19.6 Å². The molecule has 1 aliphatic rings. The van der Waals surface area contributed by atoms with E-state index in [1.165, 1.54) is 6.42 Å². The molecular formula is C13H25N3O2. The second-order valence-electron chi connectivity index (χ2n) is 5.67. The van der Waals surface area contributed by atoms with Crippen molar-refractivity contribution >= 4 is 11.8 Å². The first-order valence-corrected chi connectivity index (χ1v) is 6.68. The molecular weight excluding hydrogens is 230 g/mol. The first-order chi connectivity index (χ1) is 8.38. The Morgan fingerprint density at radius 2 is 1.83 bits per heavy atom. The van der Waals surface area contributed by atoms with Crippen LogP contribution in [0.15, 0.2) is 0 Å². The zero-order valence-corrected chi connectivity index (χ0v) is 11.7. The zero-order chi connectivity index (χ0) is 13.8. The van der Waals surface area contributed by atoms with Gasteiger partial charge in [-0.1, -0.05) is 0 Å². The Morgan fingerprint density at radius 1 is 1.28 bits per heavy atom. The molecule has 0 aromatic rings. The van der Waals surface area contributed by atoms with Gasteiger partial charge in [0.15, 0.2) is 0 Å². The van der Waals surface area contributed by atoms with Gasteiger partial charge in [0.25, 0.3) is 0 Å². The summed E-state index contributed by atoms with van der Waals surface area (Å²) in [6.07, 6.45) is 3.30. The van der Waals surface area contributed by atoms with Crippen LogP contribution in [0.3, 0.4) is 0 Å². The Hall–Kier alpha value is -1.10. The van der Waals surface area contributed by atoms with Crippen molar-refractivity contribution < 1.29 is 9.59 Å². The number of nitrogens with two attached hydrogens (primary N) is 1. The molecule has 0 aromatic carbocycles. The Labute approximate surface area is 109 Å². The standard InChI is InChI=1S/C13H25N3O2/c1-10(15-12(18)13(2,3)9-14)11(17)16-7-5-4-6-8-16/h10H,4-9,14H2,1-3H3,(H,15,18). The molecule has 3 N–H and O–H groups in total. The van der Waals surface area contributed by atoms with Crippen LogP contribution in [0.25, 0.3) is 0 Å². The number of nitrogens with zero attached hydrogens (tertiary/aromatic N) is 1. The second kappa shape index (κ2) is 6.18. The molecule has 1 fully saturated rings. The Bertz CT molecular complexity index is 309. The van der Waals surface area contributed by atoms with Gasteiger partial charge in [-0.05, 0) is 40.0 Å². The van der Waals surface area contributed by atoms with Gasteiger partial charge in [-0.2, -0.15) is 0 Å². The summed E-state index contributed by atoms with van der Waals surface area (Å²) < 4.78 is 0. The maximum absolute atomic E-state index is 12.1. The molecule has 0 aliphatic carbocycles. The monoisotopic (exact) mass is 255 g/mol. The highest BCUT2D eigenvalue weighted by molar-refractivity contribution is 5.89. The van der Waals surface area contributed by atoms with Crippen LogP contribution in [-0.2, 0) is 9.59 Å². The van der Waals surface area contributed by atoms with Crippen molar-refractivity contribution in [2.45, 2.75) is 46.1 Å². The van der Waals surface area contributed by atoms with E-state index in [-0.39, 0.29) is 18.4 Å². The summed E-state index contributed by atoms with van der Waals surface area (Å²) in [5.74, 6) is -0.154. The fourth-order valence-electron chi connectivity index (χ4n) is 1.93. The highest BCUT2D eigenvalue weighted by atomic mass is 16.2. The quantitative estimate of drug-likeness (QED) is 0.767. The lowest BCUT2D eigenvalue weighted by Gasteiger charge is -2.31. The molecule has 0 saturated carbocycles. The van der Waals surface area contributed by atoms with E-state index in [9.17, 15) is 9.59 Å². The summed E-state index contributed by atoms with van der Waals surface area (Å²) in [4.78, 5) is 25.9. The van der Waals surface area contributed by atoms with Gasteiger partial charge >= 0.3 is 0 Å². The van der Waals surface area contributed by atoms with Crippen LogP contribution in [0.4, 0.5) is 0 Å². The van der Waals surface area contributed by atoms with Gasteiger partial charge in [-0.3, -0.25) is 9.59 Å². The molecule has 1 atom stereocenters. The third-order valence-electron chi connectivity index (χ3n) is 3.51. The summed E-state index contributed by atoms with van der Waals surface area (Å²) >= 11 is 0. The van der Waals surface area contributed by atoms with E-state index in [2.05, 4.69) is 5.32 Å². The Kier molecular flexibility index (Phi) is 5.14. The molecule has 1 saturated heterocycles. The summed E-state index contributed by atoms with van der Waals surface area (Å²) in [5, 5.41) is 2.76. The molecule has 5 heteroatoms. The van der Waals surface area contributed by atoms with Crippen LogP contribution in [0.1, 0.15) is 40.0 Å². The van der Waals surface area contributed by atoms with E-state index in [4.69, 9.17) is 5.73 Å². The van der Waals surface area contributed by atoms with Crippen LogP contribution in [0.5, 0.6) is 0 Å². The Balaban J connectivity index is 2.51. The summed E-state index contributed by atoms with van der Waals surface area (Å²) in [5.41, 5.74) is 4.92. The lowest BCUT2D eigenvalue weighted by atomic mass is 9.92. The van der Waals surface area contributed by atoms with Crippen molar-refractivity contribution in [2.24, 2.45) is 11.1 Å². The lowest BCUT2D eigenvalue weighted by molar-refractivity contribution is -0.138. The molecule has 5 nitrogen and oxygen atoms in total. The molecule has 104 valence electrons. The normalized spacial score (nSPS) is 18.3. The van der Waals surface area contributed by atoms with Gasteiger partial charge in [0.2, 0.25) is 11.8 Å². The molecule has 1 unspecified atom stereocenters. The first-order valence-electron chi connectivity index (χ1n) is 6.68. The number of carbonyl (C=O) groups excluding carboxylic acids is 2. The molecule has 1 heterocycles. The van der Waals surface area contributed by atoms with Gasteiger partial charge in [-0.25, -0.2) is 0 Å². The van der Waals surface area contributed by atoms with Gasteiger partial charge in [-0.15, -0.1) is 0 Å². The molecule has 0 aromatic heterocycles. The maximum Gasteiger partial charge on any atom is 0.244 e. The second-order valence-corrected chi connectivity index (χ2v) is 5.67. The smallest absolute Gasteiger partial charge is 0.244 e. The van der Waals surface area contributed by atoms with Crippen molar-refractivity contribution in [1.82, 2.24) is 10.2 Å². The van der Waals surface area contributed by atoms with Crippen LogP contribution in [0, 0.1) is 5.41 Å². The number of nitrogens with one attached hydrogen (secondary N) is 1. The maximum atomic E-state index is 12.1. The van der Waals surface area contributed by atoms with E-state index in [0.29, 0.717) is 0 Å². The van der Waals surface area contributed by atoms with Crippen molar-refractivity contribution in [3.8, 4) is 0 Å². The van der Waals surface area contributed by atoms with E-state index in [0.717, 1.165) is 25.9 Å². The van der Waals surface area contributed by atoms with Crippen molar-refractivity contribution in [3.05, 3.63) is 0 Å². The van der Waals surface area contributed by atoms with Crippen LogP contribution >= 0.6 is 0 Å². The number of amides is 2. The summed E-state index contributed by atoms with van der Waals surface area (Å²) in [6.45, 7) is 7.17. The summed E-state index contributed by atoms with van der Waals surface area (Å²) in [6, 6.07) is -0.471. The van der Waals surface area contributed by atoms with Crippen molar-refractivity contribution in [1.29, 1.82) is 0 Å². The topological polar surface area (TPSA) is 75.4 Å². The minimum atomic E-state index is -0.629. The van der Waals surface area contributed by atoms with E-state index in [1.807, 2.05) is 4.90 Å². The van der Waals surface area contributed by atoms with Crippen LogP contribution in [-0.4, -0.2) is 42.4 Å². The highest BCUT2D eigenvalue weighted by Crippen LogP contribution is 2.14. The minimum absolute atomic E-state index is 0.0101. The van der Waals surface area contributed by atoms with Gasteiger partial charge in [0.05, 0.1) is 5.41 Å². The largest absolute Gasteiger partial charge is 0.344 e. The minimum Gasteiger partial charge on any atom is -0.344 e. The van der Waals surface area contributed by atoms with E-state index < -0.39 is 11.5 Å². The van der Waals surface area contributed by atoms with Crippen molar-refractivity contribution in [2.75, 3.05) is 19.6 Å². The van der Waals surface area contributed by atoms with Crippen LogP contribution < -0.4 is 11.1 Å². The van der Waals surface area contributed by atoms with Gasteiger partial charge < -0.3 is 16.0 Å². The molecule has 1 rings (SSSR count). The molecule has 0 spiro atoms. The number of hydrogen-bond donors (Lipinski definition) is 2. The SMILES string of the molecule is CC(NC(=O)C(C)(C)CN)C(=O)N1CCCCC1. The van der Waals surface area contributed by atoms with E-state index >= 15 is 0 Å². The number of likely N-dealkylation sites (tertiary alicyclic amines) is 1. The number of carbonyl (C=O) groups is 2. The average Bonchev–Trinajstić information content (AvgIpc) is 2.38. The molecule has 2 amide bonds. The molecule has 0 radical (unpaired) electrons.